The van der Waals surface area contributed by atoms with Gasteiger partial charge in [0.15, 0.2) is 5.82 Å². The molecule has 0 aliphatic heterocycles. The smallest absolute Gasteiger partial charge is 0.160 e. The number of pyridine rings is 1. The number of hydrogen-bond donors (Lipinski definition) is 1. The SMILES string of the molecule is Nc1cccc(-c2nc3ccc(Cl)cc3n2C2CC2)n1. The van der Waals surface area contributed by atoms with Gasteiger partial charge in [-0.1, -0.05) is 17.7 Å². The molecule has 100 valence electrons. The summed E-state index contributed by atoms with van der Waals surface area (Å²) in [6, 6.07) is 11.9. The largest absolute Gasteiger partial charge is 0.384 e. The molecule has 20 heavy (non-hydrogen) atoms. The van der Waals surface area contributed by atoms with Gasteiger partial charge in [0.05, 0.1) is 11.0 Å². The van der Waals surface area contributed by atoms with Crippen LogP contribution in [-0.2, 0) is 0 Å². The first-order valence-electron chi connectivity index (χ1n) is 6.63. The van der Waals surface area contributed by atoms with Crippen LogP contribution in [0.3, 0.4) is 0 Å². The summed E-state index contributed by atoms with van der Waals surface area (Å²) in [4.78, 5) is 9.11. The molecule has 4 rings (SSSR count). The Balaban J connectivity index is 2.01. The maximum absolute atomic E-state index is 6.12. The van der Waals surface area contributed by atoms with E-state index in [0.29, 0.717) is 11.9 Å². The molecule has 5 heteroatoms. The van der Waals surface area contributed by atoms with Crippen molar-refractivity contribution in [3.8, 4) is 11.5 Å². The van der Waals surface area contributed by atoms with E-state index in [-0.39, 0.29) is 0 Å². The number of benzene rings is 1. The van der Waals surface area contributed by atoms with Crippen molar-refractivity contribution in [2.75, 3.05) is 5.73 Å². The van der Waals surface area contributed by atoms with E-state index in [1.54, 1.807) is 6.07 Å². The Morgan fingerprint density at radius 1 is 1.15 bits per heavy atom. The molecular weight excluding hydrogens is 272 g/mol. The van der Waals surface area contributed by atoms with E-state index in [4.69, 9.17) is 22.3 Å². The summed E-state index contributed by atoms with van der Waals surface area (Å²) >= 11 is 6.12. The molecule has 0 unspecified atom stereocenters. The van der Waals surface area contributed by atoms with E-state index in [0.717, 1.165) is 27.6 Å². The van der Waals surface area contributed by atoms with Gasteiger partial charge in [-0.15, -0.1) is 0 Å². The summed E-state index contributed by atoms with van der Waals surface area (Å²) in [5.74, 6) is 1.38. The van der Waals surface area contributed by atoms with Crippen LogP contribution >= 0.6 is 11.6 Å². The van der Waals surface area contributed by atoms with Gasteiger partial charge >= 0.3 is 0 Å². The lowest BCUT2D eigenvalue weighted by molar-refractivity contribution is 0.772. The standard InChI is InChI=1S/C15H13ClN4/c16-9-4-7-11-13(8-9)20(10-5-6-10)15(19-11)12-2-1-3-14(17)18-12/h1-4,7-8,10H,5-6H2,(H2,17,18). The number of anilines is 1. The van der Waals surface area contributed by atoms with Gasteiger partial charge in [0.25, 0.3) is 0 Å². The number of halogens is 1. The highest BCUT2D eigenvalue weighted by molar-refractivity contribution is 6.31. The van der Waals surface area contributed by atoms with Gasteiger partial charge in [-0.2, -0.15) is 0 Å². The monoisotopic (exact) mass is 284 g/mol. The lowest BCUT2D eigenvalue weighted by atomic mass is 10.3. The van der Waals surface area contributed by atoms with E-state index in [1.165, 1.54) is 12.8 Å². The number of aromatic nitrogens is 3. The molecule has 0 radical (unpaired) electrons. The fourth-order valence-corrected chi connectivity index (χ4v) is 2.69. The number of nitrogen functional groups attached to an aromatic ring is 1. The minimum atomic E-state index is 0.497. The van der Waals surface area contributed by atoms with Crippen LogP contribution in [0.5, 0.6) is 0 Å². The van der Waals surface area contributed by atoms with Gasteiger partial charge in [-0.3, -0.25) is 0 Å². The molecule has 2 N–H and O–H groups in total. The Hall–Kier alpha value is -2.07. The van der Waals surface area contributed by atoms with Crippen molar-refractivity contribution >= 4 is 28.5 Å². The molecule has 2 heterocycles. The highest BCUT2D eigenvalue weighted by Crippen LogP contribution is 2.41. The summed E-state index contributed by atoms with van der Waals surface area (Å²) in [7, 11) is 0. The van der Waals surface area contributed by atoms with Gasteiger partial charge in [0, 0.05) is 11.1 Å². The van der Waals surface area contributed by atoms with Crippen LogP contribution in [0.15, 0.2) is 36.4 Å². The molecule has 0 amide bonds. The van der Waals surface area contributed by atoms with E-state index in [2.05, 4.69) is 9.55 Å². The van der Waals surface area contributed by atoms with Gasteiger partial charge in [0.1, 0.15) is 11.5 Å². The quantitative estimate of drug-likeness (QED) is 0.781. The second-order valence-corrected chi connectivity index (χ2v) is 5.55. The molecule has 1 fully saturated rings. The minimum Gasteiger partial charge on any atom is -0.384 e. The lowest BCUT2D eigenvalue weighted by Crippen LogP contribution is -2.00. The molecule has 2 aromatic heterocycles. The summed E-state index contributed by atoms with van der Waals surface area (Å²) in [5.41, 5.74) is 8.61. The van der Waals surface area contributed by atoms with Gasteiger partial charge < -0.3 is 10.3 Å². The summed E-state index contributed by atoms with van der Waals surface area (Å²) < 4.78 is 2.24. The van der Waals surface area contributed by atoms with Crippen LogP contribution in [0.2, 0.25) is 5.02 Å². The number of imidazole rings is 1. The molecule has 1 aliphatic rings. The fourth-order valence-electron chi connectivity index (χ4n) is 2.53. The maximum atomic E-state index is 6.12. The van der Waals surface area contributed by atoms with Crippen LogP contribution < -0.4 is 5.73 Å². The van der Waals surface area contributed by atoms with Gasteiger partial charge in [0.2, 0.25) is 0 Å². The number of nitrogens with two attached hydrogens (primary N) is 1. The van der Waals surface area contributed by atoms with Crippen molar-refractivity contribution in [2.45, 2.75) is 18.9 Å². The molecule has 0 atom stereocenters. The van der Waals surface area contributed by atoms with Crippen molar-refractivity contribution in [3.05, 3.63) is 41.4 Å². The van der Waals surface area contributed by atoms with Crippen LogP contribution in [0, 0.1) is 0 Å². The summed E-state index contributed by atoms with van der Waals surface area (Å²) in [6.45, 7) is 0. The highest BCUT2D eigenvalue weighted by Gasteiger charge is 2.29. The van der Waals surface area contributed by atoms with Crippen LogP contribution in [0.1, 0.15) is 18.9 Å². The van der Waals surface area contributed by atoms with Crippen LogP contribution in [0.25, 0.3) is 22.6 Å². The first-order chi connectivity index (χ1) is 9.72. The molecule has 0 bridgehead atoms. The second kappa shape index (κ2) is 4.21. The zero-order valence-corrected chi connectivity index (χ0v) is 11.5. The molecule has 1 aromatic carbocycles. The minimum absolute atomic E-state index is 0.497. The van der Waals surface area contributed by atoms with E-state index in [9.17, 15) is 0 Å². The predicted molar refractivity (Wildman–Crippen MR) is 80.7 cm³/mol. The first-order valence-corrected chi connectivity index (χ1v) is 7.00. The Morgan fingerprint density at radius 3 is 2.75 bits per heavy atom. The third-order valence-corrected chi connectivity index (χ3v) is 3.80. The second-order valence-electron chi connectivity index (χ2n) is 5.12. The van der Waals surface area contributed by atoms with Gasteiger partial charge in [-0.05, 0) is 43.2 Å². The Labute approximate surface area is 121 Å². The van der Waals surface area contributed by atoms with E-state index >= 15 is 0 Å². The Kier molecular flexibility index (Phi) is 2.47. The number of fused-ring (bicyclic) bond motifs is 1. The summed E-state index contributed by atoms with van der Waals surface area (Å²) in [6.07, 6.45) is 2.35. The third-order valence-electron chi connectivity index (χ3n) is 3.56. The predicted octanol–water partition coefficient (Wildman–Crippen LogP) is 3.67. The third kappa shape index (κ3) is 1.84. The molecule has 1 saturated carbocycles. The molecule has 1 aliphatic carbocycles. The highest BCUT2D eigenvalue weighted by atomic mass is 35.5. The number of rotatable bonds is 2. The number of hydrogen-bond acceptors (Lipinski definition) is 3. The normalized spacial score (nSPS) is 14.8. The maximum Gasteiger partial charge on any atom is 0.160 e. The van der Waals surface area contributed by atoms with Crippen LogP contribution in [-0.4, -0.2) is 14.5 Å². The van der Waals surface area contributed by atoms with Crippen molar-refractivity contribution in [3.63, 3.8) is 0 Å². The Bertz CT molecular complexity index is 805. The van der Waals surface area contributed by atoms with Crippen LogP contribution in [0.4, 0.5) is 5.82 Å². The first kappa shape index (κ1) is 11.7. The zero-order chi connectivity index (χ0) is 13.7. The summed E-state index contributed by atoms with van der Waals surface area (Å²) in [5, 5.41) is 0.728. The average molecular weight is 285 g/mol. The number of nitrogens with zero attached hydrogens (tertiary/aromatic N) is 3. The fraction of sp³-hybridized carbons (Fsp3) is 0.200. The molecule has 0 spiro atoms. The molecule has 4 nitrogen and oxygen atoms in total. The van der Waals surface area contributed by atoms with Crippen molar-refractivity contribution < 1.29 is 0 Å². The van der Waals surface area contributed by atoms with Crippen molar-refractivity contribution in [1.29, 1.82) is 0 Å². The topological polar surface area (TPSA) is 56.7 Å². The van der Waals surface area contributed by atoms with E-state index < -0.39 is 0 Å². The zero-order valence-electron chi connectivity index (χ0n) is 10.8. The Morgan fingerprint density at radius 2 is 2.00 bits per heavy atom. The lowest BCUT2D eigenvalue weighted by Gasteiger charge is -2.07. The van der Waals surface area contributed by atoms with E-state index in [1.807, 2.05) is 30.3 Å². The van der Waals surface area contributed by atoms with Crippen molar-refractivity contribution in [1.82, 2.24) is 14.5 Å². The molecular formula is C15H13ClN4. The average Bonchev–Trinajstić information content (AvgIpc) is 3.19. The molecule has 3 aromatic rings. The molecule has 0 saturated heterocycles. The van der Waals surface area contributed by atoms with Gasteiger partial charge in [-0.25, -0.2) is 9.97 Å². The van der Waals surface area contributed by atoms with Crippen molar-refractivity contribution in [2.24, 2.45) is 0 Å².